The molecule has 0 spiro atoms. The molecule has 2 N–H and O–H groups in total. The number of allylic oxidation sites excluding steroid dienone is 2. The van der Waals surface area contributed by atoms with Crippen molar-refractivity contribution >= 4 is 22.7 Å². The molecule has 2 aromatic carbocycles. The first-order chi connectivity index (χ1) is 12.1. The van der Waals surface area contributed by atoms with Crippen LogP contribution in [0, 0.1) is 44.1 Å². The molecule has 8 nitrogen and oxygen atoms in total. The maximum Gasteiger partial charge on any atom is 0.294 e. The third-order valence-electron chi connectivity index (χ3n) is 3.10. The summed E-state index contributed by atoms with van der Waals surface area (Å²) in [6, 6.07) is 18.0. The van der Waals surface area contributed by atoms with Gasteiger partial charge >= 0.3 is 0 Å². The highest BCUT2D eigenvalue weighted by Crippen LogP contribution is 2.31. The van der Waals surface area contributed by atoms with Gasteiger partial charge in [0.2, 0.25) is 0 Å². The largest absolute Gasteiger partial charge is 0.350 e. The van der Waals surface area contributed by atoms with Gasteiger partial charge in [-0.15, -0.1) is 0 Å². The number of hydrogen-bond acceptors (Lipinski definition) is 7. The summed E-state index contributed by atoms with van der Waals surface area (Å²) < 4.78 is 0. The number of nitro benzene ring substituents is 1. The van der Waals surface area contributed by atoms with Crippen LogP contribution in [0.15, 0.2) is 59.8 Å². The lowest BCUT2D eigenvalue weighted by molar-refractivity contribution is -0.383. The predicted molar refractivity (Wildman–Crippen MR) is 90.3 cm³/mol. The molecule has 0 aromatic heterocycles. The third kappa shape index (κ3) is 4.10. The molecule has 0 saturated carbocycles. The molecule has 0 atom stereocenters. The molecule has 8 heteroatoms. The number of anilines is 3. The van der Waals surface area contributed by atoms with E-state index in [2.05, 4.69) is 10.6 Å². The van der Waals surface area contributed by atoms with E-state index in [-0.39, 0.29) is 22.8 Å². The number of nitriles is 3. The molecule has 0 bridgehead atoms. The maximum absolute atomic E-state index is 11.3. The molecule has 25 heavy (non-hydrogen) atoms. The third-order valence-corrected chi connectivity index (χ3v) is 3.10. The van der Waals surface area contributed by atoms with Crippen LogP contribution in [0.5, 0.6) is 0 Å². The first-order valence-corrected chi connectivity index (χ1v) is 6.91. The van der Waals surface area contributed by atoms with Gasteiger partial charge < -0.3 is 10.6 Å². The van der Waals surface area contributed by atoms with Crippen molar-refractivity contribution in [1.29, 1.82) is 15.8 Å². The van der Waals surface area contributed by atoms with Crippen LogP contribution in [-0.2, 0) is 0 Å². The van der Waals surface area contributed by atoms with Gasteiger partial charge in [0.15, 0.2) is 5.57 Å². The molecule has 2 rings (SSSR count). The van der Waals surface area contributed by atoms with Crippen molar-refractivity contribution in [3.05, 3.63) is 69.9 Å². The molecule has 0 amide bonds. The maximum atomic E-state index is 11.3. The molecule has 0 fully saturated rings. The van der Waals surface area contributed by atoms with Gasteiger partial charge in [0, 0.05) is 17.4 Å². The number of benzene rings is 2. The van der Waals surface area contributed by atoms with Crippen LogP contribution in [0.4, 0.5) is 22.7 Å². The van der Waals surface area contributed by atoms with E-state index in [1.54, 1.807) is 42.5 Å². The Kier molecular flexibility index (Phi) is 5.29. The average molecular weight is 330 g/mol. The minimum Gasteiger partial charge on any atom is -0.350 e. The van der Waals surface area contributed by atoms with Crippen LogP contribution in [-0.4, -0.2) is 4.92 Å². The smallest absolute Gasteiger partial charge is 0.294 e. The second-order valence-electron chi connectivity index (χ2n) is 4.69. The van der Waals surface area contributed by atoms with E-state index < -0.39 is 10.5 Å². The number of rotatable bonds is 5. The summed E-state index contributed by atoms with van der Waals surface area (Å²) in [5.41, 5.74) is 0.261. The highest BCUT2D eigenvalue weighted by molar-refractivity contribution is 5.74. The fourth-order valence-corrected chi connectivity index (χ4v) is 1.97. The van der Waals surface area contributed by atoms with Crippen molar-refractivity contribution in [2.45, 2.75) is 0 Å². The highest BCUT2D eigenvalue weighted by Gasteiger charge is 2.16. The van der Waals surface area contributed by atoms with E-state index in [1.165, 1.54) is 18.2 Å². The van der Waals surface area contributed by atoms with Gasteiger partial charge in [-0.05, 0) is 24.3 Å². The zero-order valence-electron chi connectivity index (χ0n) is 12.7. The van der Waals surface area contributed by atoms with Crippen LogP contribution >= 0.6 is 0 Å². The van der Waals surface area contributed by atoms with Gasteiger partial charge in [0.1, 0.15) is 29.6 Å². The van der Waals surface area contributed by atoms with E-state index in [4.69, 9.17) is 15.8 Å². The topological polar surface area (TPSA) is 139 Å². The molecule has 0 radical (unpaired) electrons. The Morgan fingerprint density at radius 2 is 1.64 bits per heavy atom. The quantitative estimate of drug-likeness (QED) is 0.485. The zero-order valence-corrected chi connectivity index (χ0v) is 12.7. The lowest BCUT2D eigenvalue weighted by Gasteiger charge is -2.09. The van der Waals surface area contributed by atoms with E-state index >= 15 is 0 Å². The first-order valence-electron chi connectivity index (χ1n) is 6.91. The van der Waals surface area contributed by atoms with E-state index in [1.807, 2.05) is 6.07 Å². The van der Waals surface area contributed by atoms with Crippen LogP contribution in [0.3, 0.4) is 0 Å². The van der Waals surface area contributed by atoms with Crippen LogP contribution in [0.2, 0.25) is 0 Å². The van der Waals surface area contributed by atoms with E-state index in [0.717, 1.165) is 0 Å². The minimum absolute atomic E-state index is 0.213. The molecule has 0 unspecified atom stereocenters. The highest BCUT2D eigenvalue weighted by atomic mass is 16.6. The molecule has 2 aromatic rings. The van der Waals surface area contributed by atoms with Gasteiger partial charge in [-0.25, -0.2) is 0 Å². The molecular formula is C17H10N6O2. The van der Waals surface area contributed by atoms with Gasteiger partial charge in [-0.2, -0.15) is 15.8 Å². The lowest BCUT2D eigenvalue weighted by Crippen LogP contribution is -2.03. The summed E-state index contributed by atoms with van der Waals surface area (Å²) in [7, 11) is 0. The fourth-order valence-electron chi connectivity index (χ4n) is 1.97. The predicted octanol–water partition coefficient (Wildman–Crippen LogP) is 3.58. The molecule has 0 aliphatic carbocycles. The van der Waals surface area contributed by atoms with Gasteiger partial charge in [0.25, 0.3) is 5.69 Å². The van der Waals surface area contributed by atoms with Crippen molar-refractivity contribution in [3.8, 4) is 18.2 Å². The molecule has 120 valence electrons. The Bertz CT molecular complexity index is 945. The monoisotopic (exact) mass is 330 g/mol. The molecule has 0 heterocycles. The van der Waals surface area contributed by atoms with Crippen LogP contribution < -0.4 is 10.6 Å². The number of hydrogen-bond donors (Lipinski definition) is 2. The zero-order chi connectivity index (χ0) is 18.2. The van der Waals surface area contributed by atoms with Crippen molar-refractivity contribution in [2.75, 3.05) is 10.6 Å². The Labute approximate surface area is 143 Å². The second kappa shape index (κ2) is 7.77. The van der Waals surface area contributed by atoms with E-state index in [9.17, 15) is 10.1 Å². The number of nitrogens with one attached hydrogen (secondary N) is 2. The summed E-state index contributed by atoms with van der Waals surface area (Å²) in [6.07, 6.45) is 0. The van der Waals surface area contributed by atoms with Gasteiger partial charge in [-0.1, -0.05) is 18.2 Å². The Morgan fingerprint density at radius 1 is 0.960 bits per heavy atom. The summed E-state index contributed by atoms with van der Waals surface area (Å²) >= 11 is 0. The first kappa shape index (κ1) is 17.0. The molecular weight excluding hydrogens is 320 g/mol. The van der Waals surface area contributed by atoms with Crippen LogP contribution in [0.1, 0.15) is 0 Å². The summed E-state index contributed by atoms with van der Waals surface area (Å²) in [5, 5.41) is 43.5. The van der Waals surface area contributed by atoms with Crippen molar-refractivity contribution < 1.29 is 4.92 Å². The van der Waals surface area contributed by atoms with Crippen LogP contribution in [0.25, 0.3) is 0 Å². The van der Waals surface area contributed by atoms with Crippen molar-refractivity contribution in [2.24, 2.45) is 0 Å². The molecule has 0 aliphatic heterocycles. The standard InChI is InChI=1S/C17H10N6O2/c18-9-12(10-19)16(11-20)22-14-6-7-15(17(8-14)23(24)25)21-13-4-2-1-3-5-13/h1-8,21-22H. The summed E-state index contributed by atoms with van der Waals surface area (Å²) in [6.45, 7) is 0. The SMILES string of the molecule is N#CC(C#N)=C(C#N)Nc1ccc(Nc2ccccc2)c([N+](=O)[O-])c1. The minimum atomic E-state index is -0.568. The Hall–Kier alpha value is -4.35. The van der Waals surface area contributed by atoms with Gasteiger partial charge in [0.05, 0.1) is 4.92 Å². The number of nitrogens with zero attached hydrogens (tertiary/aromatic N) is 4. The van der Waals surface area contributed by atoms with Gasteiger partial charge in [-0.3, -0.25) is 10.1 Å². The van der Waals surface area contributed by atoms with Crippen molar-refractivity contribution in [3.63, 3.8) is 0 Å². The Balaban J connectivity index is 2.39. The molecule has 0 saturated heterocycles. The van der Waals surface area contributed by atoms with E-state index in [0.29, 0.717) is 5.69 Å². The fraction of sp³-hybridized carbons (Fsp3) is 0. The summed E-state index contributed by atoms with van der Waals surface area (Å²) in [5.74, 6) is 0. The number of nitro groups is 1. The second-order valence-corrected chi connectivity index (χ2v) is 4.69. The lowest BCUT2D eigenvalue weighted by atomic mass is 10.2. The Morgan fingerprint density at radius 3 is 2.20 bits per heavy atom. The normalized spacial score (nSPS) is 9.00. The van der Waals surface area contributed by atoms with Crippen molar-refractivity contribution in [1.82, 2.24) is 0 Å². The molecule has 0 aliphatic rings. The number of para-hydroxylation sites is 1. The summed E-state index contributed by atoms with van der Waals surface area (Å²) in [4.78, 5) is 10.8. The average Bonchev–Trinajstić information content (AvgIpc) is 2.63.